The largest absolute Gasteiger partial charge is 0.474 e. The molecule has 3 N–H and O–H groups in total. The molecular weight excluding hydrogens is 334 g/mol. The van der Waals surface area contributed by atoms with E-state index in [1.54, 1.807) is 18.5 Å². The van der Waals surface area contributed by atoms with Gasteiger partial charge < -0.3 is 19.9 Å². The first-order valence-corrected chi connectivity index (χ1v) is 8.92. The molecule has 0 spiro atoms. The molecule has 8 heteroatoms. The van der Waals surface area contributed by atoms with Crippen molar-refractivity contribution in [3.8, 4) is 5.88 Å². The van der Waals surface area contributed by atoms with Gasteiger partial charge in [0.05, 0.1) is 43.3 Å². The molecule has 0 saturated carbocycles. The van der Waals surface area contributed by atoms with Gasteiger partial charge in [0.2, 0.25) is 5.88 Å². The molecule has 2 aromatic heterocycles. The van der Waals surface area contributed by atoms with Crippen LogP contribution in [0, 0.1) is 5.41 Å². The zero-order valence-corrected chi connectivity index (χ0v) is 14.6. The Bertz CT molecular complexity index is 785. The number of nitrogens with zero attached hydrogens (tertiary/aromatic N) is 3. The Morgan fingerprint density at radius 3 is 2.85 bits per heavy atom. The van der Waals surface area contributed by atoms with Crippen LogP contribution in [0.4, 0.5) is 5.69 Å². The lowest BCUT2D eigenvalue weighted by atomic mass is 10.0. The van der Waals surface area contributed by atoms with Crippen LogP contribution in [0.1, 0.15) is 37.9 Å². The zero-order chi connectivity index (χ0) is 17.9. The second kappa shape index (κ2) is 7.43. The van der Waals surface area contributed by atoms with Crippen molar-refractivity contribution in [3.63, 3.8) is 0 Å². The third-order valence-corrected chi connectivity index (χ3v) is 4.82. The molecule has 2 aliphatic heterocycles. The van der Waals surface area contributed by atoms with Crippen LogP contribution < -0.4 is 10.5 Å². The number of pyridine rings is 1. The highest BCUT2D eigenvalue weighted by molar-refractivity contribution is 6.15. The second-order valence-corrected chi connectivity index (χ2v) is 6.61. The second-order valence-electron chi connectivity index (χ2n) is 6.61. The fourth-order valence-electron chi connectivity index (χ4n) is 3.29. The number of ether oxygens (including phenoxy) is 3. The van der Waals surface area contributed by atoms with Crippen LogP contribution in [0.2, 0.25) is 0 Å². The van der Waals surface area contributed by atoms with Crippen LogP contribution >= 0.6 is 0 Å². The molecule has 0 radical (unpaired) electrons. The predicted molar refractivity (Wildman–Crippen MR) is 97.9 cm³/mol. The van der Waals surface area contributed by atoms with Crippen LogP contribution in [0.15, 0.2) is 24.7 Å². The van der Waals surface area contributed by atoms with Gasteiger partial charge >= 0.3 is 0 Å². The maximum Gasteiger partial charge on any atom is 0.225 e. The highest BCUT2D eigenvalue weighted by Crippen LogP contribution is 2.28. The summed E-state index contributed by atoms with van der Waals surface area (Å²) in [7, 11) is 0. The first-order valence-electron chi connectivity index (χ1n) is 8.92. The van der Waals surface area contributed by atoms with Crippen molar-refractivity contribution in [1.29, 1.82) is 5.41 Å². The normalized spacial score (nSPS) is 21.0. The summed E-state index contributed by atoms with van der Waals surface area (Å²) >= 11 is 0. The van der Waals surface area contributed by atoms with Gasteiger partial charge in [-0.15, -0.1) is 0 Å². The van der Waals surface area contributed by atoms with Gasteiger partial charge in [0.25, 0.3) is 0 Å². The molecule has 140 valence electrons. The Labute approximate surface area is 153 Å². The molecule has 1 atom stereocenters. The van der Waals surface area contributed by atoms with Crippen molar-refractivity contribution in [2.24, 2.45) is 0 Å². The standard InChI is InChI=1S/C18H23N5O3.H2/c19-15-1-5-21-18(26-14-3-7-24-8-4-14)16(15)17(20)12-9-22-23(10-12)13-2-6-25-11-13;/h1,5,9-10,13-14,20H,2-4,6-8,11H2,(H2,19,21);1H/t13-;/m0./s1. The molecule has 2 fully saturated rings. The molecule has 0 bridgehead atoms. The van der Waals surface area contributed by atoms with E-state index in [0.29, 0.717) is 42.5 Å². The van der Waals surface area contributed by atoms with Crippen molar-refractivity contribution in [2.45, 2.75) is 31.4 Å². The zero-order valence-electron chi connectivity index (χ0n) is 14.6. The van der Waals surface area contributed by atoms with E-state index in [9.17, 15) is 0 Å². The van der Waals surface area contributed by atoms with Gasteiger partial charge in [0, 0.05) is 44.5 Å². The molecule has 8 nitrogen and oxygen atoms in total. The van der Waals surface area contributed by atoms with Crippen LogP contribution in [-0.2, 0) is 9.47 Å². The summed E-state index contributed by atoms with van der Waals surface area (Å²) in [5.41, 5.74) is 8.11. The van der Waals surface area contributed by atoms with E-state index in [1.807, 2.05) is 10.9 Å². The Kier molecular flexibility index (Phi) is 4.85. The van der Waals surface area contributed by atoms with Gasteiger partial charge in [-0.3, -0.25) is 10.1 Å². The number of rotatable bonds is 5. The van der Waals surface area contributed by atoms with E-state index >= 15 is 0 Å². The van der Waals surface area contributed by atoms with E-state index in [0.717, 1.165) is 25.9 Å². The molecule has 2 aromatic rings. The quantitative estimate of drug-likeness (QED) is 0.791. The summed E-state index contributed by atoms with van der Waals surface area (Å²) in [6.07, 6.45) is 7.74. The first kappa shape index (κ1) is 17.0. The minimum absolute atomic E-state index is 0. The van der Waals surface area contributed by atoms with Gasteiger partial charge in [-0.05, 0) is 12.5 Å². The topological polar surface area (TPSA) is 108 Å². The lowest BCUT2D eigenvalue weighted by Gasteiger charge is -2.24. The maximum atomic E-state index is 8.64. The number of hydrogen-bond donors (Lipinski definition) is 2. The van der Waals surface area contributed by atoms with Crippen LogP contribution in [0.25, 0.3) is 0 Å². The molecule has 4 heterocycles. The third-order valence-electron chi connectivity index (χ3n) is 4.82. The minimum atomic E-state index is 0. The number of nitrogen functional groups attached to an aromatic ring is 1. The van der Waals surface area contributed by atoms with E-state index in [1.165, 1.54) is 0 Å². The smallest absolute Gasteiger partial charge is 0.225 e. The molecular formula is C18H25N5O3. The number of hydrogen-bond acceptors (Lipinski definition) is 7. The average molecular weight is 359 g/mol. The van der Waals surface area contributed by atoms with Gasteiger partial charge in [0.15, 0.2) is 0 Å². The van der Waals surface area contributed by atoms with Crippen LogP contribution in [-0.4, -0.2) is 53.0 Å². The highest BCUT2D eigenvalue weighted by Gasteiger charge is 2.24. The highest BCUT2D eigenvalue weighted by atomic mass is 16.5. The fraction of sp³-hybridized carbons (Fsp3) is 0.500. The van der Waals surface area contributed by atoms with Crippen LogP contribution in [0.3, 0.4) is 0 Å². The maximum absolute atomic E-state index is 8.64. The van der Waals surface area contributed by atoms with E-state index < -0.39 is 0 Å². The number of nitrogens with one attached hydrogen (secondary N) is 1. The number of aromatic nitrogens is 3. The Morgan fingerprint density at radius 1 is 1.27 bits per heavy atom. The van der Waals surface area contributed by atoms with Crippen molar-refractivity contribution in [2.75, 3.05) is 32.2 Å². The van der Waals surface area contributed by atoms with Crippen molar-refractivity contribution < 1.29 is 15.6 Å². The molecule has 0 amide bonds. The number of nitrogens with two attached hydrogens (primary N) is 1. The molecule has 26 heavy (non-hydrogen) atoms. The first-order chi connectivity index (χ1) is 12.7. The fourth-order valence-corrected chi connectivity index (χ4v) is 3.29. The Morgan fingerprint density at radius 2 is 2.08 bits per heavy atom. The lowest BCUT2D eigenvalue weighted by Crippen LogP contribution is -2.27. The average Bonchev–Trinajstić information content (AvgIpc) is 3.34. The summed E-state index contributed by atoms with van der Waals surface area (Å²) < 4.78 is 18.7. The molecule has 2 aliphatic rings. The van der Waals surface area contributed by atoms with E-state index in [2.05, 4.69) is 10.1 Å². The molecule has 0 aromatic carbocycles. The van der Waals surface area contributed by atoms with Gasteiger partial charge in [0.1, 0.15) is 6.10 Å². The molecule has 4 rings (SSSR count). The van der Waals surface area contributed by atoms with Crippen molar-refractivity contribution in [3.05, 3.63) is 35.8 Å². The minimum Gasteiger partial charge on any atom is -0.474 e. The van der Waals surface area contributed by atoms with Crippen LogP contribution in [0.5, 0.6) is 5.88 Å². The number of anilines is 1. The predicted octanol–water partition coefficient (Wildman–Crippen LogP) is 2.04. The summed E-state index contributed by atoms with van der Waals surface area (Å²) in [5, 5.41) is 13.0. The molecule has 0 unspecified atom stereocenters. The van der Waals surface area contributed by atoms with E-state index in [4.69, 9.17) is 25.4 Å². The van der Waals surface area contributed by atoms with Crippen molar-refractivity contribution in [1.82, 2.24) is 14.8 Å². The molecule has 0 aliphatic carbocycles. The van der Waals surface area contributed by atoms with Gasteiger partial charge in [-0.1, -0.05) is 0 Å². The summed E-state index contributed by atoms with van der Waals surface area (Å²) in [5.74, 6) is 0.402. The summed E-state index contributed by atoms with van der Waals surface area (Å²) in [6.45, 7) is 2.75. The third kappa shape index (κ3) is 3.42. The van der Waals surface area contributed by atoms with Gasteiger partial charge in [-0.25, -0.2) is 4.98 Å². The Balaban J connectivity index is 0.00000210. The summed E-state index contributed by atoms with van der Waals surface area (Å²) in [4.78, 5) is 4.33. The SMILES string of the molecule is N=C(c1cnn([C@H]2CCOC2)c1)c1c(N)ccnc1OC1CCOCC1.[HH]. The van der Waals surface area contributed by atoms with E-state index in [-0.39, 0.29) is 19.3 Å². The van der Waals surface area contributed by atoms with Crippen molar-refractivity contribution >= 4 is 11.4 Å². The monoisotopic (exact) mass is 359 g/mol. The Hall–Kier alpha value is -2.45. The molecule has 2 saturated heterocycles. The lowest BCUT2D eigenvalue weighted by molar-refractivity contribution is 0.0237. The van der Waals surface area contributed by atoms with Gasteiger partial charge in [-0.2, -0.15) is 5.10 Å². The summed E-state index contributed by atoms with van der Waals surface area (Å²) in [6, 6.07) is 1.91.